The van der Waals surface area contributed by atoms with Crippen molar-refractivity contribution in [3.63, 3.8) is 0 Å². The molecule has 0 radical (unpaired) electrons. The molecule has 2 aliphatic carbocycles. The van der Waals surface area contributed by atoms with Crippen LogP contribution in [0.25, 0.3) is 0 Å². The zero-order valence-corrected chi connectivity index (χ0v) is 12.1. The highest BCUT2D eigenvalue weighted by molar-refractivity contribution is 5.80. The lowest BCUT2D eigenvalue weighted by molar-refractivity contribution is -0.123. The van der Waals surface area contributed by atoms with Gasteiger partial charge in [0.05, 0.1) is 0 Å². The molecule has 3 fully saturated rings. The Morgan fingerprint density at radius 1 is 1.00 bits per heavy atom. The number of hydrogen-bond donors (Lipinski definition) is 1. The third kappa shape index (κ3) is 3.13. The first kappa shape index (κ1) is 13.4. The molecule has 3 heteroatoms. The zero-order chi connectivity index (χ0) is 13.1. The lowest BCUT2D eigenvalue weighted by atomic mass is 9.79. The highest BCUT2D eigenvalue weighted by Crippen LogP contribution is 2.36. The molecule has 19 heavy (non-hydrogen) atoms. The quantitative estimate of drug-likeness (QED) is 0.846. The number of nitrogens with one attached hydrogen (secondary N) is 1. The summed E-state index contributed by atoms with van der Waals surface area (Å²) in [6.07, 6.45) is 13.0. The Bertz CT molecular complexity index is 313. The highest BCUT2D eigenvalue weighted by Gasteiger charge is 2.39. The second-order valence-corrected chi connectivity index (χ2v) is 6.82. The van der Waals surface area contributed by atoms with Crippen LogP contribution in [0.15, 0.2) is 0 Å². The normalized spacial score (nSPS) is 28.0. The van der Waals surface area contributed by atoms with Gasteiger partial charge in [-0.05, 0) is 51.6 Å². The molecule has 3 rings (SSSR count). The molecule has 0 aromatic heterocycles. The molecule has 1 saturated heterocycles. The van der Waals surface area contributed by atoms with E-state index in [1.54, 1.807) is 0 Å². The molecule has 108 valence electrons. The minimum Gasteiger partial charge on any atom is -0.354 e. The van der Waals surface area contributed by atoms with Crippen LogP contribution in [-0.4, -0.2) is 36.0 Å². The lowest BCUT2D eigenvalue weighted by Crippen LogP contribution is -2.58. The Kier molecular flexibility index (Phi) is 4.11. The number of rotatable bonds is 4. The summed E-state index contributed by atoms with van der Waals surface area (Å²) in [4.78, 5) is 14.7. The number of piperidine rings is 1. The predicted molar refractivity (Wildman–Crippen MR) is 77.0 cm³/mol. The van der Waals surface area contributed by atoms with Gasteiger partial charge in [-0.15, -0.1) is 0 Å². The van der Waals surface area contributed by atoms with E-state index in [-0.39, 0.29) is 0 Å². The molecule has 0 spiro atoms. The van der Waals surface area contributed by atoms with E-state index in [4.69, 9.17) is 0 Å². The number of hydrogen-bond acceptors (Lipinski definition) is 2. The maximum atomic E-state index is 11.9. The first-order valence-corrected chi connectivity index (χ1v) is 8.33. The Morgan fingerprint density at radius 2 is 1.63 bits per heavy atom. The molecular weight excluding hydrogens is 236 g/mol. The molecule has 3 aliphatic rings. The van der Waals surface area contributed by atoms with Crippen LogP contribution in [-0.2, 0) is 4.79 Å². The van der Waals surface area contributed by atoms with Gasteiger partial charge in [0.15, 0.2) is 0 Å². The van der Waals surface area contributed by atoms with Crippen molar-refractivity contribution in [2.45, 2.75) is 69.7 Å². The zero-order valence-electron chi connectivity index (χ0n) is 12.1. The first-order chi connectivity index (χ1) is 9.30. The SMILES string of the molecule is O=C(NCC1(N2CCCCC2)CCCCC1)C1CC1. The summed E-state index contributed by atoms with van der Waals surface area (Å²) in [6, 6.07) is 0. The van der Waals surface area contributed by atoms with E-state index < -0.39 is 0 Å². The van der Waals surface area contributed by atoms with Gasteiger partial charge >= 0.3 is 0 Å². The van der Waals surface area contributed by atoms with Crippen LogP contribution in [0.2, 0.25) is 0 Å². The maximum Gasteiger partial charge on any atom is 0.223 e. The first-order valence-electron chi connectivity index (χ1n) is 8.33. The average molecular weight is 264 g/mol. The van der Waals surface area contributed by atoms with Gasteiger partial charge in [-0.2, -0.15) is 0 Å². The van der Waals surface area contributed by atoms with Gasteiger partial charge in [0, 0.05) is 18.0 Å². The van der Waals surface area contributed by atoms with Crippen molar-refractivity contribution in [1.29, 1.82) is 0 Å². The van der Waals surface area contributed by atoms with Crippen molar-refractivity contribution >= 4 is 5.91 Å². The summed E-state index contributed by atoms with van der Waals surface area (Å²) in [5.41, 5.74) is 0.295. The van der Waals surface area contributed by atoms with Gasteiger partial charge in [-0.3, -0.25) is 9.69 Å². The number of carbonyl (C=O) groups is 1. The van der Waals surface area contributed by atoms with Crippen LogP contribution in [0.4, 0.5) is 0 Å². The van der Waals surface area contributed by atoms with Crippen molar-refractivity contribution in [2.75, 3.05) is 19.6 Å². The molecule has 1 heterocycles. The molecule has 0 aromatic rings. The topological polar surface area (TPSA) is 32.3 Å². The fourth-order valence-corrected chi connectivity index (χ4v) is 3.92. The summed E-state index contributed by atoms with van der Waals surface area (Å²) in [6.45, 7) is 3.40. The number of nitrogens with zero attached hydrogens (tertiary/aromatic N) is 1. The molecule has 0 atom stereocenters. The second kappa shape index (κ2) is 5.82. The molecule has 0 aromatic carbocycles. The summed E-state index contributed by atoms with van der Waals surface area (Å²) >= 11 is 0. The third-order valence-corrected chi connectivity index (χ3v) is 5.35. The van der Waals surface area contributed by atoms with E-state index in [0.29, 0.717) is 17.4 Å². The summed E-state index contributed by atoms with van der Waals surface area (Å²) in [5, 5.41) is 3.27. The van der Waals surface area contributed by atoms with Crippen molar-refractivity contribution in [2.24, 2.45) is 5.92 Å². The Morgan fingerprint density at radius 3 is 2.26 bits per heavy atom. The van der Waals surface area contributed by atoms with Crippen molar-refractivity contribution in [3.05, 3.63) is 0 Å². The highest BCUT2D eigenvalue weighted by atomic mass is 16.2. The summed E-state index contributed by atoms with van der Waals surface area (Å²) < 4.78 is 0. The average Bonchev–Trinajstić information content (AvgIpc) is 3.31. The van der Waals surface area contributed by atoms with Crippen molar-refractivity contribution in [1.82, 2.24) is 10.2 Å². The van der Waals surface area contributed by atoms with Crippen LogP contribution in [0, 0.1) is 5.92 Å². The minimum absolute atomic E-state index is 0.295. The van der Waals surface area contributed by atoms with E-state index >= 15 is 0 Å². The van der Waals surface area contributed by atoms with Crippen LogP contribution >= 0.6 is 0 Å². The van der Waals surface area contributed by atoms with Crippen molar-refractivity contribution < 1.29 is 4.79 Å². The van der Waals surface area contributed by atoms with E-state index in [1.807, 2.05) is 0 Å². The molecule has 1 N–H and O–H groups in total. The van der Waals surface area contributed by atoms with Gasteiger partial charge < -0.3 is 5.32 Å². The van der Waals surface area contributed by atoms with Crippen LogP contribution < -0.4 is 5.32 Å². The number of likely N-dealkylation sites (tertiary alicyclic amines) is 1. The fourth-order valence-electron chi connectivity index (χ4n) is 3.92. The second-order valence-electron chi connectivity index (χ2n) is 6.82. The molecule has 0 bridgehead atoms. The largest absolute Gasteiger partial charge is 0.354 e. The molecule has 3 nitrogen and oxygen atoms in total. The summed E-state index contributed by atoms with van der Waals surface area (Å²) in [5.74, 6) is 0.670. The maximum absolute atomic E-state index is 11.9. The molecule has 0 unspecified atom stereocenters. The lowest BCUT2D eigenvalue weighted by Gasteiger charge is -2.48. The standard InChI is InChI=1S/C16H28N2O/c19-15(14-7-8-14)17-13-16(9-3-1-4-10-16)18-11-5-2-6-12-18/h14H,1-13H2,(H,17,19). The Balaban J connectivity index is 1.62. The van der Waals surface area contributed by atoms with Gasteiger partial charge in [-0.25, -0.2) is 0 Å². The number of carbonyl (C=O) groups excluding carboxylic acids is 1. The predicted octanol–water partition coefficient (Wildman–Crippen LogP) is 2.70. The van der Waals surface area contributed by atoms with E-state index in [1.165, 1.54) is 64.5 Å². The van der Waals surface area contributed by atoms with E-state index in [0.717, 1.165) is 19.4 Å². The van der Waals surface area contributed by atoms with Crippen molar-refractivity contribution in [3.8, 4) is 0 Å². The third-order valence-electron chi connectivity index (χ3n) is 5.35. The monoisotopic (exact) mass is 264 g/mol. The number of amides is 1. The van der Waals surface area contributed by atoms with Crippen LogP contribution in [0.3, 0.4) is 0 Å². The Hall–Kier alpha value is -0.570. The molecule has 1 amide bonds. The summed E-state index contributed by atoms with van der Waals surface area (Å²) in [7, 11) is 0. The van der Waals surface area contributed by atoms with Gasteiger partial charge in [0.2, 0.25) is 5.91 Å². The van der Waals surface area contributed by atoms with Crippen LogP contribution in [0.1, 0.15) is 64.2 Å². The minimum atomic E-state index is 0.295. The molecular formula is C16H28N2O. The molecule has 1 aliphatic heterocycles. The smallest absolute Gasteiger partial charge is 0.223 e. The van der Waals surface area contributed by atoms with Gasteiger partial charge in [0.25, 0.3) is 0 Å². The van der Waals surface area contributed by atoms with E-state index in [9.17, 15) is 4.79 Å². The van der Waals surface area contributed by atoms with Gasteiger partial charge in [0.1, 0.15) is 0 Å². The fraction of sp³-hybridized carbons (Fsp3) is 0.938. The Labute approximate surface area is 117 Å². The van der Waals surface area contributed by atoms with Gasteiger partial charge in [-0.1, -0.05) is 25.7 Å². The van der Waals surface area contributed by atoms with E-state index in [2.05, 4.69) is 10.2 Å². The molecule has 2 saturated carbocycles. The van der Waals surface area contributed by atoms with Crippen LogP contribution in [0.5, 0.6) is 0 Å².